The van der Waals surface area contributed by atoms with Crippen LogP contribution in [0.4, 0.5) is 0 Å². The first-order valence-corrected chi connectivity index (χ1v) is 4.36. The normalized spacial score (nSPS) is 10.2. The maximum absolute atomic E-state index is 11.1. The quantitative estimate of drug-likeness (QED) is 0.703. The maximum atomic E-state index is 11.1. The predicted octanol–water partition coefficient (Wildman–Crippen LogP) is 1.00. The molecule has 0 amide bonds. The third-order valence-corrected chi connectivity index (χ3v) is 1.75. The molecule has 66 valence electrons. The van der Waals surface area contributed by atoms with Crippen molar-refractivity contribution in [1.82, 2.24) is 4.98 Å². The van der Waals surface area contributed by atoms with Crippen molar-refractivity contribution in [3.8, 4) is 0 Å². The fourth-order valence-corrected chi connectivity index (χ4v) is 1.21. The molecule has 0 radical (unpaired) electrons. The molecule has 1 rings (SSSR count). The number of hydrogen-bond donors (Lipinski definition) is 1. The summed E-state index contributed by atoms with van der Waals surface area (Å²) in [6, 6.07) is 0. The van der Waals surface area contributed by atoms with Crippen molar-refractivity contribution in [3.63, 3.8) is 0 Å². The molecule has 12 heavy (non-hydrogen) atoms. The van der Waals surface area contributed by atoms with E-state index >= 15 is 0 Å². The monoisotopic (exact) mass is 187 g/mol. The Morgan fingerprint density at radius 3 is 2.75 bits per heavy atom. The Morgan fingerprint density at radius 1 is 1.67 bits per heavy atom. The van der Waals surface area contributed by atoms with Gasteiger partial charge in [0.25, 0.3) is 0 Å². The maximum Gasteiger partial charge on any atom is 0.355 e. The summed E-state index contributed by atoms with van der Waals surface area (Å²) in [4.78, 5) is 23.8. The van der Waals surface area contributed by atoms with E-state index in [-0.39, 0.29) is 16.7 Å². The summed E-state index contributed by atoms with van der Waals surface area (Å²) >= 11 is 0.948. The largest absolute Gasteiger partial charge is 0.458 e. The van der Waals surface area contributed by atoms with Gasteiger partial charge < -0.3 is 9.72 Å². The summed E-state index contributed by atoms with van der Waals surface area (Å²) in [7, 11) is 0. The molecule has 0 fully saturated rings. The van der Waals surface area contributed by atoms with E-state index in [1.807, 2.05) is 0 Å². The standard InChI is InChI=1S/C7H9NO3S/c1-4(2)11-6(9)5-3-12-7(10)8-5/h3-4H,1-2H3,(H,8,10). The summed E-state index contributed by atoms with van der Waals surface area (Å²) in [5, 5.41) is 1.45. The molecule has 1 aromatic heterocycles. The van der Waals surface area contributed by atoms with Crippen molar-refractivity contribution in [2.75, 3.05) is 0 Å². The number of carbonyl (C=O) groups is 1. The number of carbonyl (C=O) groups excluding carboxylic acids is 1. The van der Waals surface area contributed by atoms with E-state index in [1.54, 1.807) is 13.8 Å². The lowest BCUT2D eigenvalue weighted by atomic mass is 10.4. The second kappa shape index (κ2) is 3.53. The number of esters is 1. The van der Waals surface area contributed by atoms with Crippen molar-refractivity contribution < 1.29 is 9.53 Å². The van der Waals surface area contributed by atoms with Gasteiger partial charge in [-0.3, -0.25) is 4.79 Å². The Morgan fingerprint density at radius 2 is 2.33 bits per heavy atom. The lowest BCUT2D eigenvalue weighted by Gasteiger charge is -2.04. The highest BCUT2D eigenvalue weighted by atomic mass is 32.1. The number of rotatable bonds is 2. The average Bonchev–Trinajstić information content (AvgIpc) is 2.34. The van der Waals surface area contributed by atoms with Gasteiger partial charge in [-0.15, -0.1) is 0 Å². The molecule has 0 aliphatic heterocycles. The second-order valence-corrected chi connectivity index (χ2v) is 3.36. The highest BCUT2D eigenvalue weighted by molar-refractivity contribution is 7.07. The highest BCUT2D eigenvalue weighted by Gasteiger charge is 2.10. The Labute approximate surface area is 73.2 Å². The van der Waals surface area contributed by atoms with Crippen LogP contribution in [0.1, 0.15) is 24.3 Å². The third-order valence-electron chi connectivity index (χ3n) is 1.08. The summed E-state index contributed by atoms with van der Waals surface area (Å²) in [6.07, 6.45) is -0.166. The lowest BCUT2D eigenvalue weighted by molar-refractivity contribution is 0.0371. The van der Waals surface area contributed by atoms with Crippen molar-refractivity contribution in [1.29, 1.82) is 0 Å². The van der Waals surface area contributed by atoms with E-state index in [0.717, 1.165) is 11.3 Å². The zero-order chi connectivity index (χ0) is 9.14. The van der Waals surface area contributed by atoms with E-state index < -0.39 is 5.97 Å². The van der Waals surface area contributed by atoms with Crippen molar-refractivity contribution >= 4 is 17.3 Å². The smallest absolute Gasteiger partial charge is 0.355 e. The molecular formula is C7H9NO3S. The first-order valence-electron chi connectivity index (χ1n) is 3.48. The number of aromatic amines is 1. The first-order chi connectivity index (χ1) is 5.59. The Bertz CT molecular complexity index is 325. The van der Waals surface area contributed by atoms with Crippen LogP contribution in [-0.4, -0.2) is 17.1 Å². The molecule has 0 atom stereocenters. The third kappa shape index (κ3) is 2.20. The molecule has 4 nitrogen and oxygen atoms in total. The molecule has 1 aromatic rings. The van der Waals surface area contributed by atoms with Crippen LogP contribution < -0.4 is 4.87 Å². The molecule has 0 saturated carbocycles. The first kappa shape index (κ1) is 8.99. The van der Waals surface area contributed by atoms with Crippen LogP contribution in [0, 0.1) is 0 Å². The van der Waals surface area contributed by atoms with Gasteiger partial charge in [0.2, 0.25) is 0 Å². The van der Waals surface area contributed by atoms with Gasteiger partial charge in [-0.25, -0.2) is 4.79 Å². The van der Waals surface area contributed by atoms with Crippen molar-refractivity contribution in [2.24, 2.45) is 0 Å². The van der Waals surface area contributed by atoms with Crippen molar-refractivity contribution in [3.05, 3.63) is 20.7 Å². The van der Waals surface area contributed by atoms with Crippen LogP contribution in [0.25, 0.3) is 0 Å². The summed E-state index contributed by atoms with van der Waals surface area (Å²) < 4.78 is 4.85. The second-order valence-electron chi connectivity index (χ2n) is 2.52. The summed E-state index contributed by atoms with van der Waals surface area (Å²) in [6.45, 7) is 3.50. The zero-order valence-corrected chi connectivity index (χ0v) is 7.60. The Hall–Kier alpha value is -1.10. The number of aromatic nitrogens is 1. The van der Waals surface area contributed by atoms with Crippen LogP contribution >= 0.6 is 11.3 Å². The lowest BCUT2D eigenvalue weighted by Crippen LogP contribution is -2.13. The molecule has 0 aliphatic rings. The SMILES string of the molecule is CC(C)OC(=O)c1csc(=O)[nH]1. The minimum Gasteiger partial charge on any atom is -0.458 e. The van der Waals surface area contributed by atoms with Gasteiger partial charge in [0.05, 0.1) is 6.10 Å². The molecule has 5 heteroatoms. The van der Waals surface area contributed by atoms with Crippen LogP contribution in [-0.2, 0) is 4.74 Å². The fourth-order valence-electron chi connectivity index (χ4n) is 0.658. The van der Waals surface area contributed by atoms with E-state index in [9.17, 15) is 9.59 Å². The average molecular weight is 187 g/mol. The number of ether oxygens (including phenoxy) is 1. The summed E-state index contributed by atoms with van der Waals surface area (Å²) in [5.41, 5.74) is 0.221. The van der Waals surface area contributed by atoms with Crippen LogP contribution in [0.2, 0.25) is 0 Å². The molecule has 1 N–H and O–H groups in total. The van der Waals surface area contributed by atoms with E-state index in [2.05, 4.69) is 4.98 Å². The van der Waals surface area contributed by atoms with Gasteiger partial charge in [-0.1, -0.05) is 11.3 Å². The topological polar surface area (TPSA) is 59.2 Å². The van der Waals surface area contributed by atoms with Gasteiger partial charge in [-0.05, 0) is 13.8 Å². The predicted molar refractivity (Wildman–Crippen MR) is 45.5 cm³/mol. The molecule has 0 aromatic carbocycles. The van der Waals surface area contributed by atoms with Gasteiger partial charge in [-0.2, -0.15) is 0 Å². The van der Waals surface area contributed by atoms with Crippen LogP contribution in [0.15, 0.2) is 10.2 Å². The number of thiazole rings is 1. The Balaban J connectivity index is 2.72. The van der Waals surface area contributed by atoms with Gasteiger partial charge in [0, 0.05) is 5.38 Å². The van der Waals surface area contributed by atoms with Crippen LogP contribution in [0.3, 0.4) is 0 Å². The van der Waals surface area contributed by atoms with E-state index in [1.165, 1.54) is 5.38 Å². The number of hydrogen-bond acceptors (Lipinski definition) is 4. The number of H-pyrrole nitrogens is 1. The molecular weight excluding hydrogens is 178 g/mol. The van der Waals surface area contributed by atoms with Crippen LogP contribution in [0.5, 0.6) is 0 Å². The number of nitrogens with one attached hydrogen (secondary N) is 1. The minimum absolute atomic E-state index is 0.166. The Kier molecular flexibility index (Phi) is 2.65. The minimum atomic E-state index is -0.483. The molecule has 0 spiro atoms. The van der Waals surface area contributed by atoms with E-state index in [0.29, 0.717) is 0 Å². The molecule has 0 aliphatic carbocycles. The highest BCUT2D eigenvalue weighted by Crippen LogP contribution is 2.00. The summed E-state index contributed by atoms with van der Waals surface area (Å²) in [5.74, 6) is -0.483. The van der Waals surface area contributed by atoms with Gasteiger partial charge in [0.15, 0.2) is 0 Å². The van der Waals surface area contributed by atoms with Gasteiger partial charge >= 0.3 is 10.8 Å². The zero-order valence-electron chi connectivity index (χ0n) is 6.79. The van der Waals surface area contributed by atoms with Crippen molar-refractivity contribution in [2.45, 2.75) is 20.0 Å². The molecule has 0 bridgehead atoms. The fraction of sp³-hybridized carbons (Fsp3) is 0.429. The van der Waals surface area contributed by atoms with Gasteiger partial charge in [0.1, 0.15) is 5.69 Å². The molecule has 0 saturated heterocycles. The molecule has 0 unspecified atom stereocenters. The van der Waals surface area contributed by atoms with E-state index in [4.69, 9.17) is 4.74 Å². The molecule has 1 heterocycles.